The van der Waals surface area contributed by atoms with E-state index in [-0.39, 0.29) is 12.5 Å². The summed E-state index contributed by atoms with van der Waals surface area (Å²) in [5.74, 6) is 0.520. The Morgan fingerprint density at radius 1 is 1.27 bits per heavy atom. The van der Waals surface area contributed by atoms with Gasteiger partial charge in [-0.05, 0) is 49.0 Å². The Morgan fingerprint density at radius 3 is 2.82 bits per heavy atom. The standard InChI is InChI=1S/C15H16ClN3O2S/c1-10-12(16)5-2-6-13(10)19-15(22)18-9-14(20)17-8-11-4-3-7-21-11/h2-7H,8-9H2,1H3,(H,17,20)(H2,18,19,22). The molecule has 0 unspecified atom stereocenters. The summed E-state index contributed by atoms with van der Waals surface area (Å²) in [6.07, 6.45) is 1.56. The molecule has 0 saturated heterocycles. The van der Waals surface area contributed by atoms with Gasteiger partial charge < -0.3 is 20.4 Å². The van der Waals surface area contributed by atoms with Crippen LogP contribution in [0.5, 0.6) is 0 Å². The van der Waals surface area contributed by atoms with E-state index < -0.39 is 0 Å². The van der Waals surface area contributed by atoms with Crippen LogP contribution >= 0.6 is 23.8 Å². The minimum absolute atomic E-state index is 0.0756. The van der Waals surface area contributed by atoms with Crippen LogP contribution in [-0.4, -0.2) is 17.6 Å². The second-order valence-electron chi connectivity index (χ2n) is 4.58. The lowest BCUT2D eigenvalue weighted by molar-refractivity contribution is -0.120. The van der Waals surface area contributed by atoms with Crippen LogP contribution in [0.1, 0.15) is 11.3 Å². The molecular formula is C15H16ClN3O2S. The fourth-order valence-corrected chi connectivity index (χ4v) is 2.09. The van der Waals surface area contributed by atoms with E-state index in [0.717, 1.165) is 11.3 Å². The van der Waals surface area contributed by atoms with Gasteiger partial charge in [-0.15, -0.1) is 0 Å². The van der Waals surface area contributed by atoms with E-state index in [9.17, 15) is 4.79 Å². The highest BCUT2D eigenvalue weighted by Gasteiger charge is 2.06. The molecule has 3 N–H and O–H groups in total. The molecule has 2 aromatic rings. The summed E-state index contributed by atoms with van der Waals surface area (Å²) in [6.45, 7) is 2.32. The first-order valence-corrected chi connectivity index (χ1v) is 7.44. The van der Waals surface area contributed by atoms with Crippen LogP contribution in [-0.2, 0) is 11.3 Å². The van der Waals surface area contributed by atoms with Crippen LogP contribution in [0.4, 0.5) is 5.69 Å². The summed E-state index contributed by atoms with van der Waals surface area (Å²) in [4.78, 5) is 11.7. The van der Waals surface area contributed by atoms with Crippen molar-refractivity contribution in [2.45, 2.75) is 13.5 Å². The molecule has 1 heterocycles. The van der Waals surface area contributed by atoms with Crippen LogP contribution in [0.25, 0.3) is 0 Å². The van der Waals surface area contributed by atoms with Gasteiger partial charge in [-0.1, -0.05) is 17.7 Å². The Labute approximate surface area is 139 Å². The number of hydrogen-bond donors (Lipinski definition) is 3. The Balaban J connectivity index is 1.75. The summed E-state index contributed by atoms with van der Waals surface area (Å²) < 4.78 is 5.13. The number of furan rings is 1. The Bertz CT molecular complexity index is 659. The van der Waals surface area contributed by atoms with E-state index in [2.05, 4.69) is 16.0 Å². The molecule has 0 aliphatic carbocycles. The lowest BCUT2D eigenvalue weighted by atomic mass is 10.2. The third kappa shape index (κ3) is 4.75. The normalized spacial score (nSPS) is 10.1. The van der Waals surface area contributed by atoms with Gasteiger partial charge in [0.25, 0.3) is 0 Å². The molecule has 22 heavy (non-hydrogen) atoms. The minimum atomic E-state index is -0.177. The zero-order valence-corrected chi connectivity index (χ0v) is 13.6. The summed E-state index contributed by atoms with van der Waals surface area (Å²) in [6, 6.07) is 9.07. The SMILES string of the molecule is Cc1c(Cl)cccc1NC(=S)NCC(=O)NCc1ccco1. The van der Waals surface area contributed by atoms with Crippen molar-refractivity contribution < 1.29 is 9.21 Å². The molecule has 0 fully saturated rings. The monoisotopic (exact) mass is 337 g/mol. The number of amides is 1. The minimum Gasteiger partial charge on any atom is -0.467 e. The van der Waals surface area contributed by atoms with E-state index in [0.29, 0.717) is 22.4 Å². The molecular weight excluding hydrogens is 322 g/mol. The number of halogens is 1. The van der Waals surface area contributed by atoms with Gasteiger partial charge in [0.1, 0.15) is 5.76 Å². The highest BCUT2D eigenvalue weighted by Crippen LogP contribution is 2.22. The largest absolute Gasteiger partial charge is 0.467 e. The number of rotatable bonds is 5. The van der Waals surface area contributed by atoms with Crippen molar-refractivity contribution in [3.63, 3.8) is 0 Å². The fourth-order valence-electron chi connectivity index (χ4n) is 1.73. The van der Waals surface area contributed by atoms with Crippen LogP contribution in [0, 0.1) is 6.92 Å². The van der Waals surface area contributed by atoms with Crippen LogP contribution in [0.15, 0.2) is 41.0 Å². The lowest BCUT2D eigenvalue weighted by Crippen LogP contribution is -2.38. The smallest absolute Gasteiger partial charge is 0.239 e. The van der Waals surface area contributed by atoms with Crippen molar-refractivity contribution in [3.8, 4) is 0 Å². The zero-order chi connectivity index (χ0) is 15.9. The van der Waals surface area contributed by atoms with Gasteiger partial charge in [0.05, 0.1) is 19.4 Å². The van der Waals surface area contributed by atoms with E-state index in [1.807, 2.05) is 19.1 Å². The molecule has 1 aromatic carbocycles. The maximum absolute atomic E-state index is 11.7. The van der Waals surface area contributed by atoms with Crippen molar-refractivity contribution >= 4 is 40.5 Å². The van der Waals surface area contributed by atoms with Crippen molar-refractivity contribution in [3.05, 3.63) is 52.9 Å². The molecule has 0 bridgehead atoms. The van der Waals surface area contributed by atoms with Gasteiger partial charge >= 0.3 is 0 Å². The number of hydrogen-bond acceptors (Lipinski definition) is 3. The predicted molar refractivity (Wildman–Crippen MR) is 91.0 cm³/mol. The maximum atomic E-state index is 11.7. The Hall–Kier alpha value is -2.05. The van der Waals surface area contributed by atoms with Crippen molar-refractivity contribution in [1.29, 1.82) is 0 Å². The number of thiocarbonyl (C=S) groups is 1. The number of anilines is 1. The molecule has 0 aliphatic rings. The second kappa shape index (κ2) is 7.82. The summed E-state index contributed by atoms with van der Waals surface area (Å²) >= 11 is 11.2. The molecule has 0 radical (unpaired) electrons. The molecule has 1 aromatic heterocycles. The highest BCUT2D eigenvalue weighted by atomic mass is 35.5. The maximum Gasteiger partial charge on any atom is 0.239 e. The van der Waals surface area contributed by atoms with E-state index in [1.165, 1.54) is 0 Å². The second-order valence-corrected chi connectivity index (χ2v) is 5.39. The van der Waals surface area contributed by atoms with Gasteiger partial charge in [-0.3, -0.25) is 4.79 Å². The van der Waals surface area contributed by atoms with Gasteiger partial charge in [0.15, 0.2) is 5.11 Å². The molecule has 5 nitrogen and oxygen atoms in total. The van der Waals surface area contributed by atoms with Gasteiger partial charge in [-0.25, -0.2) is 0 Å². The summed E-state index contributed by atoms with van der Waals surface area (Å²) in [7, 11) is 0. The quantitative estimate of drug-likeness (QED) is 0.732. The predicted octanol–water partition coefficient (Wildman–Crippen LogP) is 2.84. The molecule has 1 amide bonds. The molecule has 2 rings (SSSR count). The van der Waals surface area contributed by atoms with Crippen LogP contribution < -0.4 is 16.0 Å². The first kappa shape index (κ1) is 16.3. The molecule has 0 saturated carbocycles. The van der Waals surface area contributed by atoms with Crippen molar-refractivity contribution in [2.24, 2.45) is 0 Å². The third-order valence-corrected chi connectivity index (χ3v) is 3.62. The molecule has 0 aliphatic heterocycles. The Kier molecular flexibility index (Phi) is 5.80. The first-order valence-electron chi connectivity index (χ1n) is 6.65. The van der Waals surface area contributed by atoms with Gasteiger partial charge in [0.2, 0.25) is 5.91 Å². The first-order chi connectivity index (χ1) is 10.6. The molecule has 0 spiro atoms. The van der Waals surface area contributed by atoms with Crippen molar-refractivity contribution in [2.75, 3.05) is 11.9 Å². The Morgan fingerprint density at radius 2 is 2.09 bits per heavy atom. The lowest BCUT2D eigenvalue weighted by Gasteiger charge is -2.13. The highest BCUT2D eigenvalue weighted by molar-refractivity contribution is 7.80. The fraction of sp³-hybridized carbons (Fsp3) is 0.200. The number of nitrogens with one attached hydrogen (secondary N) is 3. The van der Waals surface area contributed by atoms with E-state index in [1.54, 1.807) is 24.5 Å². The van der Waals surface area contributed by atoms with Crippen LogP contribution in [0.2, 0.25) is 5.02 Å². The van der Waals surface area contributed by atoms with E-state index in [4.69, 9.17) is 28.2 Å². The summed E-state index contributed by atoms with van der Waals surface area (Å²) in [5, 5.41) is 9.59. The van der Waals surface area contributed by atoms with E-state index >= 15 is 0 Å². The summed E-state index contributed by atoms with van der Waals surface area (Å²) in [5.41, 5.74) is 1.71. The number of carbonyl (C=O) groups excluding carboxylic acids is 1. The zero-order valence-electron chi connectivity index (χ0n) is 12.0. The average Bonchev–Trinajstić information content (AvgIpc) is 3.01. The molecule has 116 valence electrons. The number of carbonyl (C=O) groups is 1. The molecule has 7 heteroatoms. The van der Waals surface area contributed by atoms with Crippen LogP contribution in [0.3, 0.4) is 0 Å². The number of benzene rings is 1. The van der Waals surface area contributed by atoms with Crippen molar-refractivity contribution in [1.82, 2.24) is 10.6 Å². The third-order valence-electron chi connectivity index (χ3n) is 2.97. The average molecular weight is 338 g/mol. The topological polar surface area (TPSA) is 66.3 Å². The molecule has 0 atom stereocenters. The van der Waals surface area contributed by atoms with Gasteiger partial charge in [0, 0.05) is 10.7 Å². The van der Waals surface area contributed by atoms with Gasteiger partial charge in [-0.2, -0.15) is 0 Å².